The van der Waals surface area contributed by atoms with Gasteiger partial charge in [0.1, 0.15) is 5.82 Å². The molecular formula is C9H18N4. The van der Waals surface area contributed by atoms with Crippen molar-refractivity contribution in [2.75, 3.05) is 6.54 Å². The van der Waals surface area contributed by atoms with E-state index in [2.05, 4.69) is 34.3 Å². The van der Waals surface area contributed by atoms with Gasteiger partial charge in [-0.1, -0.05) is 6.92 Å². The summed E-state index contributed by atoms with van der Waals surface area (Å²) in [5.74, 6) is 1.78. The van der Waals surface area contributed by atoms with Gasteiger partial charge in [0, 0.05) is 19.0 Å². The molecule has 74 valence electrons. The third-order valence-electron chi connectivity index (χ3n) is 2.10. The van der Waals surface area contributed by atoms with E-state index in [9.17, 15) is 0 Å². The Labute approximate surface area is 79.2 Å². The van der Waals surface area contributed by atoms with E-state index in [1.807, 2.05) is 6.92 Å². The molecule has 0 bridgehead atoms. The first-order valence-electron chi connectivity index (χ1n) is 4.83. The zero-order valence-electron chi connectivity index (χ0n) is 8.59. The Morgan fingerprint density at radius 1 is 1.54 bits per heavy atom. The van der Waals surface area contributed by atoms with Gasteiger partial charge in [-0.05, 0) is 20.3 Å². The standard InChI is InChI=1S/C9H18N4/c1-4-7(2)10-6-5-9-11-8(3)12-13-9/h7,10H,4-6H2,1-3H3,(H,11,12,13). The molecule has 0 aliphatic rings. The SMILES string of the molecule is CCC(C)NCCc1n[nH]c(C)n1. The van der Waals surface area contributed by atoms with Crippen LogP contribution in [0.25, 0.3) is 0 Å². The van der Waals surface area contributed by atoms with Crippen molar-refractivity contribution in [3.05, 3.63) is 11.6 Å². The zero-order valence-corrected chi connectivity index (χ0v) is 8.59. The lowest BCUT2D eigenvalue weighted by Gasteiger charge is -2.09. The van der Waals surface area contributed by atoms with Crippen LogP contribution in [0.5, 0.6) is 0 Å². The molecule has 0 radical (unpaired) electrons. The van der Waals surface area contributed by atoms with Crippen molar-refractivity contribution in [3.8, 4) is 0 Å². The second kappa shape index (κ2) is 4.97. The Morgan fingerprint density at radius 2 is 2.31 bits per heavy atom. The fourth-order valence-electron chi connectivity index (χ4n) is 1.08. The third-order valence-corrected chi connectivity index (χ3v) is 2.10. The summed E-state index contributed by atoms with van der Waals surface area (Å²) in [4.78, 5) is 4.23. The highest BCUT2D eigenvalue weighted by molar-refractivity contribution is 4.88. The molecule has 1 unspecified atom stereocenters. The highest BCUT2D eigenvalue weighted by Crippen LogP contribution is 1.92. The van der Waals surface area contributed by atoms with Gasteiger partial charge in [0.2, 0.25) is 0 Å². The number of nitrogens with one attached hydrogen (secondary N) is 2. The van der Waals surface area contributed by atoms with E-state index in [0.29, 0.717) is 6.04 Å². The Balaban J connectivity index is 2.20. The molecule has 0 aliphatic heterocycles. The van der Waals surface area contributed by atoms with Crippen molar-refractivity contribution in [1.82, 2.24) is 20.5 Å². The van der Waals surface area contributed by atoms with Gasteiger partial charge < -0.3 is 5.32 Å². The van der Waals surface area contributed by atoms with Crippen LogP contribution in [-0.4, -0.2) is 27.8 Å². The van der Waals surface area contributed by atoms with Crippen LogP contribution in [0.3, 0.4) is 0 Å². The number of nitrogens with zero attached hydrogens (tertiary/aromatic N) is 2. The molecule has 1 heterocycles. The molecule has 1 atom stereocenters. The monoisotopic (exact) mass is 182 g/mol. The van der Waals surface area contributed by atoms with E-state index in [4.69, 9.17) is 0 Å². The van der Waals surface area contributed by atoms with Crippen LogP contribution < -0.4 is 5.32 Å². The lowest BCUT2D eigenvalue weighted by atomic mass is 10.2. The fraction of sp³-hybridized carbons (Fsp3) is 0.778. The van der Waals surface area contributed by atoms with Crippen molar-refractivity contribution in [2.45, 2.75) is 39.7 Å². The smallest absolute Gasteiger partial charge is 0.151 e. The molecule has 4 heteroatoms. The minimum atomic E-state index is 0.583. The van der Waals surface area contributed by atoms with Gasteiger partial charge in [-0.2, -0.15) is 5.10 Å². The van der Waals surface area contributed by atoms with Gasteiger partial charge in [-0.3, -0.25) is 5.10 Å². The molecule has 4 nitrogen and oxygen atoms in total. The molecular weight excluding hydrogens is 164 g/mol. The third kappa shape index (κ3) is 3.55. The average Bonchev–Trinajstić information content (AvgIpc) is 2.51. The summed E-state index contributed by atoms with van der Waals surface area (Å²) in [6, 6.07) is 0.583. The fourth-order valence-corrected chi connectivity index (χ4v) is 1.08. The van der Waals surface area contributed by atoms with Gasteiger partial charge in [0.05, 0.1) is 0 Å². The van der Waals surface area contributed by atoms with E-state index in [-0.39, 0.29) is 0 Å². The van der Waals surface area contributed by atoms with E-state index in [0.717, 1.165) is 31.0 Å². The zero-order chi connectivity index (χ0) is 9.68. The Kier molecular flexibility index (Phi) is 3.89. The summed E-state index contributed by atoms with van der Waals surface area (Å²) in [7, 11) is 0. The van der Waals surface area contributed by atoms with Gasteiger partial charge in [-0.25, -0.2) is 4.98 Å². The predicted octanol–water partition coefficient (Wildman–Crippen LogP) is 1.04. The summed E-state index contributed by atoms with van der Waals surface area (Å²) in [6.45, 7) is 7.22. The maximum absolute atomic E-state index is 4.23. The number of hydrogen-bond donors (Lipinski definition) is 2. The van der Waals surface area contributed by atoms with Crippen LogP contribution >= 0.6 is 0 Å². The van der Waals surface area contributed by atoms with E-state index < -0.39 is 0 Å². The number of hydrogen-bond acceptors (Lipinski definition) is 3. The number of aromatic nitrogens is 3. The Hall–Kier alpha value is -0.900. The summed E-state index contributed by atoms with van der Waals surface area (Å²) < 4.78 is 0. The van der Waals surface area contributed by atoms with Crippen LogP contribution in [0.15, 0.2) is 0 Å². The molecule has 0 saturated carbocycles. The van der Waals surface area contributed by atoms with Crippen LogP contribution in [0, 0.1) is 6.92 Å². The van der Waals surface area contributed by atoms with Crippen molar-refractivity contribution >= 4 is 0 Å². The average molecular weight is 182 g/mol. The summed E-state index contributed by atoms with van der Waals surface area (Å²) in [6.07, 6.45) is 2.06. The highest BCUT2D eigenvalue weighted by atomic mass is 15.2. The van der Waals surface area contributed by atoms with Crippen molar-refractivity contribution in [2.24, 2.45) is 0 Å². The summed E-state index contributed by atoms with van der Waals surface area (Å²) >= 11 is 0. The van der Waals surface area contributed by atoms with E-state index in [1.54, 1.807) is 0 Å². The largest absolute Gasteiger partial charge is 0.314 e. The maximum atomic E-state index is 4.23. The molecule has 0 amide bonds. The minimum Gasteiger partial charge on any atom is -0.314 e. The predicted molar refractivity (Wildman–Crippen MR) is 52.6 cm³/mol. The van der Waals surface area contributed by atoms with Gasteiger partial charge in [0.15, 0.2) is 5.82 Å². The topological polar surface area (TPSA) is 53.6 Å². The maximum Gasteiger partial charge on any atom is 0.151 e. The number of rotatable bonds is 5. The number of H-pyrrole nitrogens is 1. The molecule has 2 N–H and O–H groups in total. The first-order valence-corrected chi connectivity index (χ1v) is 4.83. The number of aromatic amines is 1. The molecule has 0 fully saturated rings. The molecule has 1 aromatic heterocycles. The van der Waals surface area contributed by atoms with Crippen molar-refractivity contribution in [1.29, 1.82) is 0 Å². The van der Waals surface area contributed by atoms with Crippen LogP contribution in [0.4, 0.5) is 0 Å². The van der Waals surface area contributed by atoms with Crippen LogP contribution in [0.2, 0.25) is 0 Å². The molecule has 1 rings (SSSR count). The van der Waals surface area contributed by atoms with E-state index in [1.165, 1.54) is 0 Å². The molecule has 1 aromatic rings. The van der Waals surface area contributed by atoms with Crippen molar-refractivity contribution in [3.63, 3.8) is 0 Å². The van der Waals surface area contributed by atoms with Crippen LogP contribution in [-0.2, 0) is 6.42 Å². The van der Waals surface area contributed by atoms with Crippen molar-refractivity contribution < 1.29 is 0 Å². The summed E-state index contributed by atoms with van der Waals surface area (Å²) in [5.41, 5.74) is 0. The lowest BCUT2D eigenvalue weighted by Crippen LogP contribution is -2.27. The first-order chi connectivity index (χ1) is 6.22. The van der Waals surface area contributed by atoms with Crippen LogP contribution in [0.1, 0.15) is 31.9 Å². The minimum absolute atomic E-state index is 0.583. The Morgan fingerprint density at radius 3 is 2.85 bits per heavy atom. The molecule has 13 heavy (non-hydrogen) atoms. The first kappa shape index (κ1) is 10.2. The lowest BCUT2D eigenvalue weighted by molar-refractivity contribution is 0.533. The normalized spacial score (nSPS) is 13.2. The molecule has 0 aliphatic carbocycles. The Bertz CT molecular complexity index is 244. The second-order valence-electron chi connectivity index (χ2n) is 3.35. The van der Waals surface area contributed by atoms with Gasteiger partial charge in [-0.15, -0.1) is 0 Å². The summed E-state index contributed by atoms with van der Waals surface area (Å²) in [5, 5.41) is 10.3. The molecule has 0 saturated heterocycles. The molecule has 0 aromatic carbocycles. The molecule has 0 spiro atoms. The van der Waals surface area contributed by atoms with Gasteiger partial charge in [0.25, 0.3) is 0 Å². The highest BCUT2D eigenvalue weighted by Gasteiger charge is 2.00. The quantitative estimate of drug-likeness (QED) is 0.715. The number of aryl methyl sites for hydroxylation is 1. The van der Waals surface area contributed by atoms with E-state index >= 15 is 0 Å². The van der Waals surface area contributed by atoms with Gasteiger partial charge >= 0.3 is 0 Å². The second-order valence-corrected chi connectivity index (χ2v) is 3.35.